The van der Waals surface area contributed by atoms with Crippen LogP contribution < -0.4 is 0 Å². The van der Waals surface area contributed by atoms with Crippen LogP contribution in [0.15, 0.2) is 152 Å². The van der Waals surface area contributed by atoms with Gasteiger partial charge in [0.2, 0.25) is 0 Å². The average molecular weight is 552 g/mol. The third-order valence-corrected chi connectivity index (χ3v) is 9.78. The molecule has 0 aliphatic heterocycles. The normalized spacial score (nSPS) is 11.8. The number of hydrogen-bond donors (Lipinski definition) is 0. The Bertz CT molecular complexity index is 2390. The summed E-state index contributed by atoms with van der Waals surface area (Å²) in [7, 11) is 0. The van der Waals surface area contributed by atoms with E-state index in [1.54, 1.807) is 0 Å². The Morgan fingerprint density at radius 3 is 1.60 bits per heavy atom. The summed E-state index contributed by atoms with van der Waals surface area (Å²) < 4.78 is 5.18. The predicted molar refractivity (Wildman–Crippen MR) is 182 cm³/mol. The molecule has 2 aromatic heterocycles. The maximum Gasteiger partial charge on any atom is 0.0619 e. The van der Waals surface area contributed by atoms with Gasteiger partial charge in [-0.2, -0.15) is 0 Å². The molecule has 0 saturated carbocycles. The van der Waals surface area contributed by atoms with Gasteiger partial charge in [0, 0.05) is 47.4 Å². The lowest BCUT2D eigenvalue weighted by Crippen LogP contribution is -1.96. The van der Waals surface area contributed by atoms with Gasteiger partial charge in [-0.05, 0) is 52.6 Å². The number of fused-ring (bicyclic) bond motifs is 9. The smallest absolute Gasteiger partial charge is 0.0619 e. The first-order chi connectivity index (χ1) is 20.8. The van der Waals surface area contributed by atoms with Crippen LogP contribution in [0.4, 0.5) is 0 Å². The molecule has 0 unspecified atom stereocenters. The average Bonchev–Trinajstić information content (AvgIpc) is 3.62. The zero-order chi connectivity index (χ0) is 27.6. The molecule has 9 rings (SSSR count). The summed E-state index contributed by atoms with van der Waals surface area (Å²) in [4.78, 5) is 0. The third-order valence-electron chi connectivity index (χ3n) is 8.56. The van der Waals surface area contributed by atoms with Crippen molar-refractivity contribution in [2.45, 2.75) is 0 Å². The van der Waals surface area contributed by atoms with Gasteiger partial charge in [0.15, 0.2) is 0 Å². The van der Waals surface area contributed by atoms with Crippen LogP contribution >= 0.6 is 11.3 Å². The van der Waals surface area contributed by atoms with Crippen LogP contribution in [0.3, 0.4) is 0 Å². The molecule has 0 fully saturated rings. The minimum atomic E-state index is 1.17. The van der Waals surface area contributed by atoms with Crippen LogP contribution in [0.1, 0.15) is 0 Å². The van der Waals surface area contributed by atoms with Crippen LogP contribution in [0, 0.1) is 0 Å². The monoisotopic (exact) mass is 551 g/mol. The van der Waals surface area contributed by atoms with E-state index in [1.807, 2.05) is 11.3 Å². The fourth-order valence-electron chi connectivity index (χ4n) is 6.65. The highest BCUT2D eigenvalue weighted by Crippen LogP contribution is 2.43. The summed E-state index contributed by atoms with van der Waals surface area (Å²) in [5, 5.41) is 7.83. The number of nitrogens with zero attached hydrogens (tertiary/aromatic N) is 1. The lowest BCUT2D eigenvalue weighted by molar-refractivity contribution is 1.19. The Morgan fingerprint density at radius 1 is 0.381 bits per heavy atom. The quantitative estimate of drug-likeness (QED) is 0.206. The number of rotatable bonds is 3. The second-order valence-electron chi connectivity index (χ2n) is 11.0. The van der Waals surface area contributed by atoms with Crippen LogP contribution in [0.2, 0.25) is 0 Å². The summed E-state index contributed by atoms with van der Waals surface area (Å²) in [6, 6.07) is 55.4. The van der Waals surface area contributed by atoms with E-state index >= 15 is 0 Å². The molecule has 196 valence electrons. The number of thiophene rings is 1. The van der Waals surface area contributed by atoms with Crippen LogP contribution in [-0.4, -0.2) is 4.57 Å². The highest BCUT2D eigenvalue weighted by Gasteiger charge is 2.18. The first-order valence-electron chi connectivity index (χ1n) is 14.4. The van der Waals surface area contributed by atoms with Gasteiger partial charge in [-0.3, -0.25) is 0 Å². The van der Waals surface area contributed by atoms with E-state index in [0.717, 1.165) is 0 Å². The first-order valence-corrected chi connectivity index (χ1v) is 15.2. The summed E-state index contributed by atoms with van der Waals surface area (Å²) in [5.41, 5.74) is 8.52. The molecule has 2 heterocycles. The van der Waals surface area contributed by atoms with Crippen molar-refractivity contribution in [3.63, 3.8) is 0 Å². The Morgan fingerprint density at radius 2 is 0.905 bits per heavy atom. The molecular weight excluding hydrogens is 527 g/mol. The minimum Gasteiger partial charge on any atom is -0.309 e. The fourth-order valence-corrected chi connectivity index (χ4v) is 7.88. The third kappa shape index (κ3) is 3.49. The molecule has 0 bridgehead atoms. The Hall–Kier alpha value is -5.18. The topological polar surface area (TPSA) is 4.93 Å². The lowest BCUT2D eigenvalue weighted by Gasteiger charge is -2.15. The maximum atomic E-state index is 2.49. The van der Waals surface area contributed by atoms with Crippen molar-refractivity contribution >= 4 is 64.1 Å². The highest BCUT2D eigenvalue weighted by molar-refractivity contribution is 7.26. The SMILES string of the molecule is c1ccc(-c2cc(-c3ccccc3)cc(-n3c4ccccc4c4ccc5c(ccc6c7ccccc7sc65)c43)c2)cc1. The summed E-state index contributed by atoms with van der Waals surface area (Å²) in [5.74, 6) is 0. The predicted octanol–water partition coefficient (Wildman–Crippen LogP) is 11.6. The number of aromatic nitrogens is 1. The van der Waals surface area contributed by atoms with Gasteiger partial charge in [0.1, 0.15) is 0 Å². The largest absolute Gasteiger partial charge is 0.309 e. The standard InChI is InChI=1S/C40H25NS/c1-3-11-26(12-4-1)28-23-29(27-13-5-2-6-14-27)25-30(24-28)41-37-17-9-7-15-31(37)33-19-22-36-34(39(33)41)20-21-35-32-16-8-10-18-38(32)42-40(35)36/h1-25H. The molecule has 7 aromatic carbocycles. The Labute approximate surface area is 247 Å². The van der Waals surface area contributed by atoms with Gasteiger partial charge in [0.05, 0.1) is 11.0 Å². The van der Waals surface area contributed by atoms with E-state index in [1.165, 1.54) is 80.7 Å². The van der Waals surface area contributed by atoms with Gasteiger partial charge in [0.25, 0.3) is 0 Å². The number of para-hydroxylation sites is 1. The van der Waals surface area contributed by atoms with E-state index < -0.39 is 0 Å². The molecule has 0 saturated heterocycles. The molecule has 0 aliphatic carbocycles. The zero-order valence-electron chi connectivity index (χ0n) is 22.8. The van der Waals surface area contributed by atoms with Crippen LogP contribution in [0.25, 0.3) is 80.7 Å². The molecule has 9 aromatic rings. The van der Waals surface area contributed by atoms with Crippen molar-refractivity contribution in [1.82, 2.24) is 4.57 Å². The molecule has 0 amide bonds. The highest BCUT2D eigenvalue weighted by atomic mass is 32.1. The van der Waals surface area contributed by atoms with Crippen molar-refractivity contribution in [3.05, 3.63) is 152 Å². The van der Waals surface area contributed by atoms with Crippen molar-refractivity contribution in [2.75, 3.05) is 0 Å². The summed E-state index contributed by atoms with van der Waals surface area (Å²) in [6.45, 7) is 0. The minimum absolute atomic E-state index is 1.17. The molecule has 0 spiro atoms. The second kappa shape index (κ2) is 9.17. The van der Waals surface area contributed by atoms with Gasteiger partial charge < -0.3 is 4.57 Å². The van der Waals surface area contributed by atoms with E-state index in [4.69, 9.17) is 0 Å². The molecule has 42 heavy (non-hydrogen) atoms. The first kappa shape index (κ1) is 23.5. The van der Waals surface area contributed by atoms with Crippen molar-refractivity contribution in [3.8, 4) is 27.9 Å². The Balaban J connectivity index is 1.42. The molecule has 1 nitrogen and oxygen atoms in total. The van der Waals surface area contributed by atoms with Crippen molar-refractivity contribution in [1.29, 1.82) is 0 Å². The van der Waals surface area contributed by atoms with Crippen LogP contribution in [-0.2, 0) is 0 Å². The van der Waals surface area contributed by atoms with E-state index in [0.29, 0.717) is 0 Å². The second-order valence-corrected chi connectivity index (χ2v) is 12.0. The number of benzene rings is 7. The number of hydrogen-bond acceptors (Lipinski definition) is 1. The van der Waals surface area contributed by atoms with Gasteiger partial charge in [-0.1, -0.05) is 121 Å². The molecular formula is C40H25NS. The van der Waals surface area contributed by atoms with E-state index in [9.17, 15) is 0 Å². The lowest BCUT2D eigenvalue weighted by atomic mass is 9.97. The maximum absolute atomic E-state index is 2.49. The van der Waals surface area contributed by atoms with Gasteiger partial charge in [-0.15, -0.1) is 11.3 Å². The molecule has 0 aliphatic rings. The molecule has 0 atom stereocenters. The molecule has 0 N–H and O–H groups in total. The van der Waals surface area contributed by atoms with E-state index in [-0.39, 0.29) is 0 Å². The molecule has 2 heteroatoms. The summed E-state index contributed by atoms with van der Waals surface area (Å²) in [6.07, 6.45) is 0. The van der Waals surface area contributed by atoms with Crippen LogP contribution in [0.5, 0.6) is 0 Å². The zero-order valence-corrected chi connectivity index (χ0v) is 23.6. The van der Waals surface area contributed by atoms with E-state index in [2.05, 4.69) is 156 Å². The fraction of sp³-hybridized carbons (Fsp3) is 0. The Kier molecular flexibility index (Phi) is 5.13. The summed E-state index contributed by atoms with van der Waals surface area (Å²) >= 11 is 1.90. The van der Waals surface area contributed by atoms with Crippen molar-refractivity contribution < 1.29 is 0 Å². The van der Waals surface area contributed by atoms with Gasteiger partial charge in [-0.25, -0.2) is 0 Å². The van der Waals surface area contributed by atoms with Crippen molar-refractivity contribution in [2.24, 2.45) is 0 Å². The van der Waals surface area contributed by atoms with Gasteiger partial charge >= 0.3 is 0 Å². The molecule has 0 radical (unpaired) electrons.